The minimum Gasteiger partial charge on any atom is -0.493 e. The lowest BCUT2D eigenvalue weighted by Crippen LogP contribution is -2.08. The van der Waals surface area contributed by atoms with Gasteiger partial charge in [0.25, 0.3) is 0 Å². The number of benzene rings is 2. The number of ether oxygens (including phenoxy) is 2. The maximum Gasteiger partial charge on any atom is 0.248 e. The van der Waals surface area contributed by atoms with Crippen molar-refractivity contribution in [2.45, 2.75) is 18.2 Å². The van der Waals surface area contributed by atoms with E-state index in [2.05, 4.69) is 15.0 Å². The lowest BCUT2D eigenvalue weighted by Gasteiger charge is -2.12. The Balaban J connectivity index is 1.62. The largest absolute Gasteiger partial charge is 0.493 e. The van der Waals surface area contributed by atoms with Crippen LogP contribution in [0.1, 0.15) is 18.9 Å². The van der Waals surface area contributed by atoms with E-state index in [0.29, 0.717) is 23.8 Å². The van der Waals surface area contributed by atoms with Gasteiger partial charge in [-0.1, -0.05) is 19.2 Å². The standard InChI is InChI=1S/C22H23N3O5S2/c1-3-13-30-19-10-4-16(15-20(19)29-2)5-11-21(26)24-17-6-8-18(9-7-17)32(27,28)25-22-23-12-14-31-22/h4-12,14-15H,3,13H2,1-2H3,(H2,23,24,25,26)/p-1. The van der Waals surface area contributed by atoms with Gasteiger partial charge in [-0.2, -0.15) is 11.3 Å². The van der Waals surface area contributed by atoms with Gasteiger partial charge in [-0.25, -0.2) is 8.42 Å². The molecule has 0 saturated heterocycles. The molecule has 10 heteroatoms. The third-order valence-corrected chi connectivity index (χ3v) is 6.18. The fourth-order valence-electron chi connectivity index (χ4n) is 2.60. The number of carbonyl (C=O) groups is 1. The van der Waals surface area contributed by atoms with Crippen molar-refractivity contribution in [2.24, 2.45) is 0 Å². The maximum atomic E-state index is 12.3. The zero-order chi connectivity index (χ0) is 23.0. The molecule has 8 nitrogen and oxygen atoms in total. The first-order valence-electron chi connectivity index (χ1n) is 9.69. The van der Waals surface area contributed by atoms with Crippen LogP contribution in [0.2, 0.25) is 0 Å². The van der Waals surface area contributed by atoms with Crippen LogP contribution in [0.4, 0.5) is 10.8 Å². The predicted molar refractivity (Wildman–Crippen MR) is 125 cm³/mol. The van der Waals surface area contributed by atoms with Gasteiger partial charge in [0.2, 0.25) is 15.9 Å². The summed E-state index contributed by atoms with van der Waals surface area (Å²) in [5, 5.41) is 4.49. The van der Waals surface area contributed by atoms with Crippen LogP contribution in [-0.4, -0.2) is 33.0 Å². The average molecular weight is 473 g/mol. The third-order valence-electron chi connectivity index (χ3n) is 4.11. The highest BCUT2D eigenvalue weighted by molar-refractivity contribution is 7.94. The second-order valence-electron chi connectivity index (χ2n) is 6.49. The molecule has 3 rings (SSSR count). The van der Waals surface area contributed by atoms with Crippen molar-refractivity contribution < 1.29 is 22.7 Å². The summed E-state index contributed by atoms with van der Waals surface area (Å²) in [5.74, 6) is 0.868. The molecule has 3 aromatic rings. The molecule has 0 aliphatic heterocycles. The van der Waals surface area contributed by atoms with Crippen molar-refractivity contribution in [3.63, 3.8) is 0 Å². The van der Waals surface area contributed by atoms with E-state index in [1.165, 1.54) is 36.5 Å². The number of nitrogens with one attached hydrogen (secondary N) is 1. The van der Waals surface area contributed by atoms with E-state index in [-0.39, 0.29) is 15.9 Å². The minimum absolute atomic E-state index is 0.0127. The summed E-state index contributed by atoms with van der Waals surface area (Å²) < 4.78 is 39.2. The number of aromatic nitrogens is 1. The van der Waals surface area contributed by atoms with Gasteiger partial charge in [-0.3, -0.25) is 4.79 Å². The van der Waals surface area contributed by atoms with Crippen molar-refractivity contribution >= 4 is 44.2 Å². The Hall–Kier alpha value is -3.37. The number of sulfonamides is 1. The van der Waals surface area contributed by atoms with Gasteiger partial charge in [0.05, 0.1) is 18.6 Å². The van der Waals surface area contributed by atoms with Crippen LogP contribution in [-0.2, 0) is 14.8 Å². The van der Waals surface area contributed by atoms with Crippen molar-refractivity contribution in [1.82, 2.24) is 4.98 Å². The Morgan fingerprint density at radius 1 is 1.19 bits per heavy atom. The molecule has 0 radical (unpaired) electrons. The topological polar surface area (TPSA) is 109 Å². The van der Waals surface area contributed by atoms with Crippen LogP contribution in [0.25, 0.3) is 10.8 Å². The summed E-state index contributed by atoms with van der Waals surface area (Å²) in [6.07, 6.45) is 5.39. The van der Waals surface area contributed by atoms with Crippen LogP contribution in [0.5, 0.6) is 11.5 Å². The highest BCUT2D eigenvalue weighted by Gasteiger charge is 2.10. The van der Waals surface area contributed by atoms with Crippen molar-refractivity contribution in [3.8, 4) is 11.5 Å². The molecule has 0 atom stereocenters. The number of thiazole rings is 1. The molecule has 2 aromatic carbocycles. The SMILES string of the molecule is CCCOc1ccc(C=CC(=O)Nc2ccc(S(=O)(=O)[N-]c3nccs3)cc2)cc1OC. The Morgan fingerprint density at radius 3 is 2.62 bits per heavy atom. The fraction of sp³-hybridized carbons (Fsp3) is 0.182. The van der Waals surface area contributed by atoms with Crippen LogP contribution in [0.15, 0.2) is 65.0 Å². The number of nitrogens with zero attached hydrogens (tertiary/aromatic N) is 2. The second kappa shape index (κ2) is 10.8. The molecule has 0 fully saturated rings. The zero-order valence-corrected chi connectivity index (χ0v) is 19.2. The van der Waals surface area contributed by atoms with Gasteiger partial charge in [-0.05, 0) is 59.8 Å². The minimum atomic E-state index is -3.87. The van der Waals surface area contributed by atoms with Crippen molar-refractivity contribution in [3.05, 3.63) is 70.4 Å². The summed E-state index contributed by atoms with van der Waals surface area (Å²) in [4.78, 5) is 16.1. The maximum absolute atomic E-state index is 12.3. The molecular weight excluding hydrogens is 450 g/mol. The molecule has 1 N–H and O–H groups in total. The Kier molecular flexibility index (Phi) is 7.85. The quantitative estimate of drug-likeness (QED) is 0.417. The van der Waals surface area contributed by atoms with Gasteiger partial charge in [0, 0.05) is 16.9 Å². The van der Waals surface area contributed by atoms with Crippen molar-refractivity contribution in [2.75, 3.05) is 19.0 Å². The summed E-state index contributed by atoms with van der Waals surface area (Å²) in [6.45, 7) is 2.61. The molecule has 0 aliphatic carbocycles. The van der Waals surface area contributed by atoms with E-state index in [4.69, 9.17) is 9.47 Å². The molecule has 1 amide bonds. The first-order valence-corrected chi connectivity index (χ1v) is 12.0. The zero-order valence-electron chi connectivity index (χ0n) is 17.5. The number of anilines is 1. The van der Waals surface area contributed by atoms with E-state index >= 15 is 0 Å². The predicted octanol–water partition coefficient (Wildman–Crippen LogP) is 4.99. The van der Waals surface area contributed by atoms with Gasteiger partial charge in [-0.15, -0.1) is 0 Å². The van der Waals surface area contributed by atoms with Gasteiger partial charge in [0.1, 0.15) is 0 Å². The molecule has 0 unspecified atom stereocenters. The normalized spacial score (nSPS) is 11.3. The van der Waals surface area contributed by atoms with Crippen molar-refractivity contribution in [1.29, 1.82) is 0 Å². The van der Waals surface area contributed by atoms with Gasteiger partial charge >= 0.3 is 0 Å². The van der Waals surface area contributed by atoms with E-state index in [0.717, 1.165) is 23.3 Å². The number of methoxy groups -OCH3 is 1. The number of hydrogen-bond acceptors (Lipinski definition) is 7. The molecular formula is C22H22N3O5S2-. The molecule has 1 heterocycles. The van der Waals surface area contributed by atoms with Crippen LogP contribution in [0.3, 0.4) is 0 Å². The molecule has 0 spiro atoms. The first-order chi connectivity index (χ1) is 15.4. The molecule has 32 heavy (non-hydrogen) atoms. The Morgan fingerprint density at radius 2 is 1.97 bits per heavy atom. The van der Waals surface area contributed by atoms with Crippen LogP contribution < -0.4 is 14.8 Å². The van der Waals surface area contributed by atoms with E-state index in [1.54, 1.807) is 30.7 Å². The number of hydrogen-bond donors (Lipinski definition) is 1. The molecule has 168 valence electrons. The fourth-order valence-corrected chi connectivity index (χ4v) is 4.27. The van der Waals surface area contributed by atoms with Crippen LogP contribution >= 0.6 is 11.3 Å². The molecule has 0 saturated carbocycles. The highest BCUT2D eigenvalue weighted by atomic mass is 32.2. The number of amides is 1. The summed E-state index contributed by atoms with van der Waals surface area (Å²) in [6, 6.07) is 11.2. The lowest BCUT2D eigenvalue weighted by atomic mass is 10.2. The van der Waals surface area contributed by atoms with E-state index in [9.17, 15) is 13.2 Å². The molecule has 1 aromatic heterocycles. The lowest BCUT2D eigenvalue weighted by molar-refractivity contribution is -0.111. The first kappa shape index (κ1) is 23.3. The summed E-state index contributed by atoms with van der Waals surface area (Å²) in [5.41, 5.74) is 1.22. The second-order valence-corrected chi connectivity index (χ2v) is 8.96. The smallest absolute Gasteiger partial charge is 0.248 e. The Bertz CT molecular complexity index is 1170. The molecule has 0 bridgehead atoms. The van der Waals surface area contributed by atoms with Crippen LogP contribution in [0, 0.1) is 0 Å². The number of carbonyl (C=O) groups excluding carboxylic acids is 1. The van der Waals surface area contributed by atoms with E-state index < -0.39 is 10.0 Å². The van der Waals surface area contributed by atoms with Gasteiger partial charge in [0.15, 0.2) is 11.5 Å². The van der Waals surface area contributed by atoms with E-state index in [1.807, 2.05) is 13.0 Å². The average Bonchev–Trinajstić information content (AvgIpc) is 3.29. The highest BCUT2D eigenvalue weighted by Crippen LogP contribution is 2.30. The van der Waals surface area contributed by atoms with Gasteiger partial charge < -0.3 is 24.5 Å². The molecule has 0 aliphatic rings. The Labute approximate surface area is 191 Å². The third kappa shape index (κ3) is 6.32. The summed E-state index contributed by atoms with van der Waals surface area (Å²) >= 11 is 1.13. The summed E-state index contributed by atoms with van der Waals surface area (Å²) in [7, 11) is -2.31. The number of rotatable bonds is 10. The monoisotopic (exact) mass is 472 g/mol.